The number of hydrogen-bond donors (Lipinski definition) is 1. The minimum atomic E-state index is -0.414. The number of likely N-dealkylation sites (N-methyl/N-ethyl adjacent to an activating group) is 1. The van der Waals surface area contributed by atoms with E-state index in [1.54, 1.807) is 0 Å². The number of rotatable bonds is 6. The van der Waals surface area contributed by atoms with Crippen LogP contribution in [-0.4, -0.2) is 45.2 Å². The molecule has 0 aliphatic carbocycles. The van der Waals surface area contributed by atoms with Crippen molar-refractivity contribution in [2.45, 2.75) is 6.04 Å². The quantitative estimate of drug-likeness (QED) is 0.813. The highest BCUT2D eigenvalue weighted by Gasteiger charge is 2.20. The number of carbonyl (C=O) groups excluding carboxylic acids is 1. The first-order valence-electron chi connectivity index (χ1n) is 5.76. The molecule has 0 aliphatic rings. The first-order chi connectivity index (χ1) is 8.54. The Morgan fingerprint density at radius 1 is 1.39 bits per heavy atom. The number of methoxy groups -OCH3 is 1. The summed E-state index contributed by atoms with van der Waals surface area (Å²) in [6.45, 7) is 1.59. The number of halogens is 1. The summed E-state index contributed by atoms with van der Waals surface area (Å²) in [5.74, 6) is -0.268. The average molecular weight is 315 g/mol. The number of hydrogen-bond acceptors (Lipinski definition) is 4. The number of esters is 1. The molecule has 0 aliphatic heterocycles. The summed E-state index contributed by atoms with van der Waals surface area (Å²) >= 11 is 3.38. The fourth-order valence-corrected chi connectivity index (χ4v) is 1.81. The summed E-state index contributed by atoms with van der Waals surface area (Å²) in [7, 11) is 5.39. The van der Waals surface area contributed by atoms with E-state index in [9.17, 15) is 4.79 Å². The van der Waals surface area contributed by atoms with Crippen molar-refractivity contribution in [3.8, 4) is 0 Å². The average Bonchev–Trinajstić information content (AvgIpc) is 2.35. The molecule has 0 heterocycles. The monoisotopic (exact) mass is 314 g/mol. The molecule has 18 heavy (non-hydrogen) atoms. The van der Waals surface area contributed by atoms with Gasteiger partial charge < -0.3 is 9.64 Å². The summed E-state index contributed by atoms with van der Waals surface area (Å²) in [5, 5.41) is 3.21. The maximum absolute atomic E-state index is 11.8. The van der Waals surface area contributed by atoms with E-state index in [1.807, 2.05) is 38.4 Å². The van der Waals surface area contributed by atoms with Gasteiger partial charge in [0.25, 0.3) is 0 Å². The van der Waals surface area contributed by atoms with Crippen LogP contribution in [0.4, 0.5) is 0 Å². The van der Waals surface area contributed by atoms with Crippen molar-refractivity contribution >= 4 is 21.9 Å². The molecule has 4 nitrogen and oxygen atoms in total. The molecule has 1 unspecified atom stereocenters. The predicted molar refractivity (Wildman–Crippen MR) is 75.5 cm³/mol. The van der Waals surface area contributed by atoms with Crippen molar-refractivity contribution in [2.75, 3.05) is 34.3 Å². The third-order valence-corrected chi connectivity index (χ3v) is 3.08. The Balaban J connectivity index is 2.72. The topological polar surface area (TPSA) is 41.6 Å². The van der Waals surface area contributed by atoms with Crippen molar-refractivity contribution in [1.82, 2.24) is 10.2 Å². The van der Waals surface area contributed by atoms with Gasteiger partial charge in [-0.25, -0.2) is 4.79 Å². The molecular formula is C13H19BrN2O2. The minimum Gasteiger partial charge on any atom is -0.468 e. The van der Waals surface area contributed by atoms with E-state index in [0.29, 0.717) is 0 Å². The third-order valence-electron chi connectivity index (χ3n) is 2.55. The van der Waals surface area contributed by atoms with Crippen molar-refractivity contribution in [1.29, 1.82) is 0 Å². The lowest BCUT2D eigenvalue weighted by molar-refractivity contribution is -0.143. The fraction of sp³-hybridized carbons (Fsp3) is 0.462. The van der Waals surface area contributed by atoms with Gasteiger partial charge in [-0.3, -0.25) is 5.32 Å². The van der Waals surface area contributed by atoms with Gasteiger partial charge in [-0.1, -0.05) is 28.1 Å². The molecule has 0 bridgehead atoms. The van der Waals surface area contributed by atoms with Crippen LogP contribution in [0.5, 0.6) is 0 Å². The van der Waals surface area contributed by atoms with Gasteiger partial charge in [-0.2, -0.15) is 0 Å². The highest BCUT2D eigenvalue weighted by molar-refractivity contribution is 9.10. The Bertz CT molecular complexity index is 379. The molecule has 0 amide bonds. The zero-order valence-electron chi connectivity index (χ0n) is 10.9. The maximum Gasteiger partial charge on any atom is 0.327 e. The molecule has 0 saturated carbocycles. The predicted octanol–water partition coefficient (Wildman–Crippen LogP) is 1.81. The molecule has 5 heteroatoms. The van der Waals surface area contributed by atoms with Crippen molar-refractivity contribution in [3.05, 3.63) is 34.3 Å². The van der Waals surface area contributed by atoms with Gasteiger partial charge in [0, 0.05) is 17.6 Å². The normalized spacial score (nSPS) is 12.5. The third kappa shape index (κ3) is 4.76. The van der Waals surface area contributed by atoms with E-state index < -0.39 is 6.04 Å². The Morgan fingerprint density at radius 3 is 2.50 bits per heavy atom. The second-order valence-electron chi connectivity index (χ2n) is 4.27. The molecule has 1 atom stereocenters. The van der Waals surface area contributed by atoms with Crippen LogP contribution in [0.1, 0.15) is 11.6 Å². The summed E-state index contributed by atoms with van der Waals surface area (Å²) in [6, 6.07) is 7.24. The largest absolute Gasteiger partial charge is 0.468 e. The molecule has 0 spiro atoms. The molecular weight excluding hydrogens is 296 g/mol. The minimum absolute atomic E-state index is 0.268. The summed E-state index contributed by atoms with van der Waals surface area (Å²) < 4.78 is 5.82. The Hall–Kier alpha value is -0.910. The summed E-state index contributed by atoms with van der Waals surface area (Å²) in [6.07, 6.45) is 0. The van der Waals surface area contributed by atoms with Gasteiger partial charge in [0.1, 0.15) is 6.04 Å². The first kappa shape index (κ1) is 15.1. The van der Waals surface area contributed by atoms with Crippen LogP contribution < -0.4 is 5.32 Å². The van der Waals surface area contributed by atoms with Crippen molar-refractivity contribution in [2.24, 2.45) is 0 Å². The second kappa shape index (κ2) is 7.51. The van der Waals surface area contributed by atoms with Crippen molar-refractivity contribution in [3.63, 3.8) is 0 Å². The van der Waals surface area contributed by atoms with E-state index >= 15 is 0 Å². The van der Waals surface area contributed by atoms with E-state index in [4.69, 9.17) is 4.74 Å². The molecule has 1 aromatic rings. The van der Waals surface area contributed by atoms with Gasteiger partial charge in [-0.05, 0) is 31.8 Å². The number of nitrogens with zero attached hydrogens (tertiary/aromatic N) is 1. The Morgan fingerprint density at radius 2 is 2.00 bits per heavy atom. The van der Waals surface area contributed by atoms with Crippen LogP contribution >= 0.6 is 15.9 Å². The smallest absolute Gasteiger partial charge is 0.327 e. The number of ether oxygens (including phenoxy) is 1. The standard InChI is InChI=1S/C13H19BrN2O2/c1-16(2)9-8-15-12(13(17)18-3)10-4-6-11(14)7-5-10/h4-7,12,15H,8-9H2,1-3H3. The summed E-state index contributed by atoms with van der Waals surface area (Å²) in [5.41, 5.74) is 0.906. The molecule has 1 aromatic carbocycles. The zero-order chi connectivity index (χ0) is 13.5. The Kier molecular flexibility index (Phi) is 6.32. The lowest BCUT2D eigenvalue weighted by Crippen LogP contribution is -2.34. The lowest BCUT2D eigenvalue weighted by atomic mass is 10.1. The molecule has 0 saturated heterocycles. The highest BCUT2D eigenvalue weighted by Crippen LogP contribution is 2.17. The molecule has 1 rings (SSSR count). The first-order valence-corrected chi connectivity index (χ1v) is 6.55. The van der Waals surface area contributed by atoms with Crippen LogP contribution in [0.25, 0.3) is 0 Å². The van der Waals surface area contributed by atoms with Gasteiger partial charge in [-0.15, -0.1) is 0 Å². The number of nitrogens with one attached hydrogen (secondary N) is 1. The molecule has 0 radical (unpaired) electrons. The Labute approximate surface area is 116 Å². The lowest BCUT2D eigenvalue weighted by Gasteiger charge is -2.18. The van der Waals surface area contributed by atoms with Crippen LogP contribution in [0.2, 0.25) is 0 Å². The molecule has 0 aromatic heterocycles. The van der Waals surface area contributed by atoms with Crippen molar-refractivity contribution < 1.29 is 9.53 Å². The number of carbonyl (C=O) groups is 1. The van der Waals surface area contributed by atoms with E-state index in [2.05, 4.69) is 26.1 Å². The van der Waals surface area contributed by atoms with Crippen LogP contribution in [0.15, 0.2) is 28.7 Å². The number of benzene rings is 1. The zero-order valence-corrected chi connectivity index (χ0v) is 12.5. The van der Waals surface area contributed by atoms with E-state index in [1.165, 1.54) is 7.11 Å². The molecule has 0 fully saturated rings. The fourth-order valence-electron chi connectivity index (χ4n) is 1.54. The van der Waals surface area contributed by atoms with Gasteiger partial charge >= 0.3 is 5.97 Å². The van der Waals surface area contributed by atoms with Crippen LogP contribution in [0, 0.1) is 0 Å². The maximum atomic E-state index is 11.8. The van der Waals surface area contributed by atoms with Gasteiger partial charge in [0.2, 0.25) is 0 Å². The SMILES string of the molecule is COC(=O)C(NCCN(C)C)c1ccc(Br)cc1. The van der Waals surface area contributed by atoms with Crippen LogP contribution in [0.3, 0.4) is 0 Å². The van der Waals surface area contributed by atoms with Crippen LogP contribution in [-0.2, 0) is 9.53 Å². The second-order valence-corrected chi connectivity index (χ2v) is 5.18. The van der Waals surface area contributed by atoms with Gasteiger partial charge in [0.15, 0.2) is 0 Å². The van der Waals surface area contributed by atoms with E-state index in [-0.39, 0.29) is 5.97 Å². The van der Waals surface area contributed by atoms with Gasteiger partial charge in [0.05, 0.1) is 7.11 Å². The molecule has 1 N–H and O–H groups in total. The molecule has 100 valence electrons. The highest BCUT2D eigenvalue weighted by atomic mass is 79.9. The van der Waals surface area contributed by atoms with E-state index in [0.717, 1.165) is 23.1 Å². The summed E-state index contributed by atoms with van der Waals surface area (Å²) in [4.78, 5) is 13.8.